The summed E-state index contributed by atoms with van der Waals surface area (Å²) in [5.74, 6) is -0.267. The predicted octanol–water partition coefficient (Wildman–Crippen LogP) is 3.12. The zero-order valence-corrected chi connectivity index (χ0v) is 10.2. The average molecular weight is 225 g/mol. The lowest BCUT2D eigenvalue weighted by molar-refractivity contribution is 0.199. The Balaban J connectivity index is 2.81. The molecule has 1 N–H and O–H groups in total. The molecular weight excluding hydrogens is 205 g/mol. The summed E-state index contributed by atoms with van der Waals surface area (Å²) in [5, 5.41) is 9.34. The van der Waals surface area contributed by atoms with E-state index in [9.17, 15) is 9.50 Å². The van der Waals surface area contributed by atoms with Crippen molar-refractivity contribution >= 4 is 5.69 Å². The summed E-state index contributed by atoms with van der Waals surface area (Å²) in [6.07, 6.45) is 1.52. The molecule has 0 aromatic heterocycles. The van der Waals surface area contributed by atoms with Crippen molar-refractivity contribution in [1.29, 1.82) is 0 Å². The van der Waals surface area contributed by atoms with Crippen LogP contribution in [0.25, 0.3) is 0 Å². The maximum atomic E-state index is 13.7. The molecule has 0 fully saturated rings. The number of rotatable bonds is 5. The molecule has 0 spiro atoms. The Bertz CT molecular complexity index is 339. The third kappa shape index (κ3) is 3.20. The molecule has 3 heteroatoms. The van der Waals surface area contributed by atoms with Gasteiger partial charge in [-0.15, -0.1) is 0 Å². The first-order valence-electron chi connectivity index (χ1n) is 5.75. The molecule has 0 radical (unpaired) electrons. The van der Waals surface area contributed by atoms with Gasteiger partial charge in [0.15, 0.2) is 0 Å². The number of aliphatic hydroxyl groups is 1. The van der Waals surface area contributed by atoms with Crippen LogP contribution in [0.15, 0.2) is 18.2 Å². The zero-order chi connectivity index (χ0) is 12.1. The van der Waals surface area contributed by atoms with Crippen LogP contribution in [0.2, 0.25) is 0 Å². The topological polar surface area (TPSA) is 23.5 Å². The first-order valence-corrected chi connectivity index (χ1v) is 5.75. The van der Waals surface area contributed by atoms with Crippen LogP contribution in [0.3, 0.4) is 0 Å². The highest BCUT2D eigenvalue weighted by atomic mass is 19.1. The second kappa shape index (κ2) is 5.85. The molecule has 1 unspecified atom stereocenters. The summed E-state index contributed by atoms with van der Waals surface area (Å²) in [7, 11) is 1.89. The highest BCUT2D eigenvalue weighted by molar-refractivity contribution is 5.48. The monoisotopic (exact) mass is 225 g/mol. The van der Waals surface area contributed by atoms with Crippen molar-refractivity contribution < 1.29 is 9.50 Å². The zero-order valence-electron chi connectivity index (χ0n) is 10.2. The van der Waals surface area contributed by atoms with E-state index in [4.69, 9.17) is 0 Å². The van der Waals surface area contributed by atoms with E-state index in [-0.39, 0.29) is 5.82 Å². The molecule has 0 saturated carbocycles. The van der Waals surface area contributed by atoms with Gasteiger partial charge in [0.25, 0.3) is 0 Å². The number of hydrogen-bond donors (Lipinski definition) is 1. The van der Waals surface area contributed by atoms with Crippen molar-refractivity contribution in [2.75, 3.05) is 18.5 Å². The lowest BCUT2D eigenvalue weighted by atomic mass is 10.1. The Kier molecular flexibility index (Phi) is 4.74. The Morgan fingerprint density at radius 2 is 2.12 bits per heavy atom. The Morgan fingerprint density at radius 3 is 2.62 bits per heavy atom. The molecule has 1 aromatic rings. The van der Waals surface area contributed by atoms with Gasteiger partial charge in [-0.2, -0.15) is 0 Å². The molecule has 2 nitrogen and oxygen atoms in total. The van der Waals surface area contributed by atoms with E-state index in [2.05, 4.69) is 6.92 Å². The molecule has 90 valence electrons. The molecule has 1 aromatic carbocycles. The number of unbranched alkanes of at least 4 members (excludes halogenated alkanes) is 1. The van der Waals surface area contributed by atoms with Crippen LogP contribution in [0, 0.1) is 5.82 Å². The molecule has 0 aliphatic carbocycles. The van der Waals surface area contributed by atoms with Gasteiger partial charge in [-0.1, -0.05) is 19.4 Å². The van der Waals surface area contributed by atoms with Crippen molar-refractivity contribution in [2.24, 2.45) is 0 Å². The normalized spacial score (nSPS) is 12.6. The Hall–Kier alpha value is -1.09. The molecule has 0 aliphatic heterocycles. The molecular formula is C13H20FNO. The van der Waals surface area contributed by atoms with Crippen LogP contribution in [0.1, 0.15) is 38.4 Å². The smallest absolute Gasteiger partial charge is 0.146 e. The minimum Gasteiger partial charge on any atom is -0.389 e. The summed E-state index contributed by atoms with van der Waals surface area (Å²) >= 11 is 0. The third-order valence-electron chi connectivity index (χ3n) is 2.71. The SMILES string of the molecule is CCCCN(C)c1ccc(C(C)O)cc1F. The molecule has 0 bridgehead atoms. The molecule has 16 heavy (non-hydrogen) atoms. The molecule has 0 heterocycles. The summed E-state index contributed by atoms with van der Waals surface area (Å²) in [5.41, 5.74) is 1.21. The Labute approximate surface area is 96.7 Å². The van der Waals surface area contributed by atoms with Gasteiger partial charge in [-0.25, -0.2) is 4.39 Å². The van der Waals surface area contributed by atoms with Gasteiger partial charge in [-0.05, 0) is 31.0 Å². The van der Waals surface area contributed by atoms with Crippen molar-refractivity contribution in [1.82, 2.24) is 0 Å². The number of benzene rings is 1. The van der Waals surface area contributed by atoms with Crippen LogP contribution in [-0.2, 0) is 0 Å². The largest absolute Gasteiger partial charge is 0.389 e. The van der Waals surface area contributed by atoms with Gasteiger partial charge >= 0.3 is 0 Å². The van der Waals surface area contributed by atoms with Gasteiger partial charge in [-0.3, -0.25) is 0 Å². The number of hydrogen-bond acceptors (Lipinski definition) is 2. The summed E-state index contributed by atoms with van der Waals surface area (Å²) in [4.78, 5) is 1.91. The summed E-state index contributed by atoms with van der Waals surface area (Å²) < 4.78 is 13.7. The molecule has 1 atom stereocenters. The number of aliphatic hydroxyl groups excluding tert-OH is 1. The van der Waals surface area contributed by atoms with E-state index in [1.807, 2.05) is 11.9 Å². The predicted molar refractivity (Wildman–Crippen MR) is 65.2 cm³/mol. The fraction of sp³-hybridized carbons (Fsp3) is 0.538. The first kappa shape index (κ1) is 13.0. The summed E-state index contributed by atoms with van der Waals surface area (Å²) in [6, 6.07) is 4.90. The molecule has 1 rings (SSSR count). The van der Waals surface area contributed by atoms with E-state index in [0.717, 1.165) is 19.4 Å². The maximum absolute atomic E-state index is 13.7. The fourth-order valence-electron chi connectivity index (χ4n) is 1.61. The van der Waals surface area contributed by atoms with Crippen molar-refractivity contribution in [3.05, 3.63) is 29.6 Å². The van der Waals surface area contributed by atoms with Crippen LogP contribution >= 0.6 is 0 Å². The van der Waals surface area contributed by atoms with Crippen molar-refractivity contribution in [3.63, 3.8) is 0 Å². The van der Waals surface area contributed by atoms with Crippen LogP contribution < -0.4 is 4.90 Å². The highest BCUT2D eigenvalue weighted by Crippen LogP contribution is 2.22. The van der Waals surface area contributed by atoms with E-state index >= 15 is 0 Å². The van der Waals surface area contributed by atoms with Gasteiger partial charge in [0.05, 0.1) is 11.8 Å². The van der Waals surface area contributed by atoms with Crippen LogP contribution in [-0.4, -0.2) is 18.7 Å². The van der Waals surface area contributed by atoms with E-state index < -0.39 is 6.10 Å². The third-order valence-corrected chi connectivity index (χ3v) is 2.71. The maximum Gasteiger partial charge on any atom is 0.146 e. The number of anilines is 1. The van der Waals surface area contributed by atoms with Crippen LogP contribution in [0.5, 0.6) is 0 Å². The number of halogens is 1. The highest BCUT2D eigenvalue weighted by Gasteiger charge is 2.09. The standard InChI is InChI=1S/C13H20FNO/c1-4-5-8-15(3)13-7-6-11(10(2)16)9-12(13)14/h6-7,9-10,16H,4-5,8H2,1-3H3. The number of nitrogens with zero attached hydrogens (tertiary/aromatic N) is 1. The minimum absolute atomic E-state index is 0.267. The average Bonchev–Trinajstić information content (AvgIpc) is 2.25. The first-order chi connectivity index (χ1) is 7.56. The lowest BCUT2D eigenvalue weighted by Gasteiger charge is -2.20. The van der Waals surface area contributed by atoms with Gasteiger partial charge < -0.3 is 10.0 Å². The van der Waals surface area contributed by atoms with Crippen LogP contribution in [0.4, 0.5) is 10.1 Å². The second-order valence-electron chi connectivity index (χ2n) is 4.16. The van der Waals surface area contributed by atoms with Gasteiger partial charge in [0.2, 0.25) is 0 Å². The molecule has 0 saturated heterocycles. The van der Waals surface area contributed by atoms with E-state index in [0.29, 0.717) is 11.3 Å². The van der Waals surface area contributed by atoms with E-state index in [1.54, 1.807) is 19.1 Å². The van der Waals surface area contributed by atoms with Gasteiger partial charge in [0, 0.05) is 13.6 Å². The van der Waals surface area contributed by atoms with Crippen molar-refractivity contribution in [2.45, 2.75) is 32.8 Å². The molecule has 0 amide bonds. The minimum atomic E-state index is -0.621. The lowest BCUT2D eigenvalue weighted by Crippen LogP contribution is -2.19. The van der Waals surface area contributed by atoms with Crippen molar-refractivity contribution in [3.8, 4) is 0 Å². The fourth-order valence-corrected chi connectivity index (χ4v) is 1.61. The van der Waals surface area contributed by atoms with E-state index in [1.165, 1.54) is 6.07 Å². The molecule has 0 aliphatic rings. The van der Waals surface area contributed by atoms with Gasteiger partial charge in [0.1, 0.15) is 5.82 Å². The quantitative estimate of drug-likeness (QED) is 0.832. The summed E-state index contributed by atoms with van der Waals surface area (Å²) in [6.45, 7) is 4.59. The Morgan fingerprint density at radius 1 is 1.44 bits per heavy atom. The second-order valence-corrected chi connectivity index (χ2v) is 4.16.